The van der Waals surface area contributed by atoms with Gasteiger partial charge in [-0.1, -0.05) is 43.7 Å². The summed E-state index contributed by atoms with van der Waals surface area (Å²) in [6.45, 7) is 11.7. The van der Waals surface area contributed by atoms with Gasteiger partial charge in [0.15, 0.2) is 0 Å². The Morgan fingerprint density at radius 1 is 1.38 bits per heavy atom. The van der Waals surface area contributed by atoms with E-state index < -0.39 is 0 Å². The van der Waals surface area contributed by atoms with Gasteiger partial charge in [0.2, 0.25) is 11.8 Å². The van der Waals surface area contributed by atoms with Crippen LogP contribution in [0.25, 0.3) is 0 Å². The molecule has 1 aromatic rings. The number of aryl methyl sites for hydroxylation is 1. The summed E-state index contributed by atoms with van der Waals surface area (Å²) in [4.78, 5) is 28.6. The van der Waals surface area contributed by atoms with E-state index in [1.807, 2.05) is 43.6 Å². The van der Waals surface area contributed by atoms with Crippen molar-refractivity contribution in [3.05, 3.63) is 35.4 Å². The van der Waals surface area contributed by atoms with Gasteiger partial charge in [0.1, 0.15) is 5.37 Å². The lowest BCUT2D eigenvalue weighted by Crippen LogP contribution is -2.42. The molecule has 1 aliphatic heterocycles. The SMILES string of the molecule is CCN(CCN1C(=O)[C@H](C)S[C@@H]1c1cccc(C)c1)C(=O)C(C)C. The Kier molecular flexibility index (Phi) is 6.33. The summed E-state index contributed by atoms with van der Waals surface area (Å²) in [5.41, 5.74) is 2.36. The molecule has 132 valence electrons. The van der Waals surface area contributed by atoms with Gasteiger partial charge in [-0.3, -0.25) is 9.59 Å². The minimum absolute atomic E-state index is 0.0138. The van der Waals surface area contributed by atoms with Crippen LogP contribution in [0.3, 0.4) is 0 Å². The number of hydrogen-bond acceptors (Lipinski definition) is 3. The maximum atomic E-state index is 12.6. The first-order chi connectivity index (χ1) is 11.3. The molecule has 0 radical (unpaired) electrons. The van der Waals surface area contributed by atoms with Crippen molar-refractivity contribution in [3.63, 3.8) is 0 Å². The van der Waals surface area contributed by atoms with Gasteiger partial charge >= 0.3 is 0 Å². The van der Waals surface area contributed by atoms with E-state index in [0.29, 0.717) is 19.6 Å². The van der Waals surface area contributed by atoms with Crippen LogP contribution < -0.4 is 0 Å². The second-order valence-corrected chi connectivity index (χ2v) is 8.07. The summed E-state index contributed by atoms with van der Waals surface area (Å²) in [6.07, 6.45) is 0. The molecule has 2 rings (SSSR count). The summed E-state index contributed by atoms with van der Waals surface area (Å²) >= 11 is 1.69. The van der Waals surface area contributed by atoms with Crippen LogP contribution in [0.4, 0.5) is 0 Å². The highest BCUT2D eigenvalue weighted by atomic mass is 32.2. The molecule has 4 nitrogen and oxygen atoms in total. The van der Waals surface area contributed by atoms with Crippen LogP contribution in [0, 0.1) is 12.8 Å². The molecule has 0 unspecified atom stereocenters. The van der Waals surface area contributed by atoms with Crippen LogP contribution in [0.5, 0.6) is 0 Å². The van der Waals surface area contributed by atoms with E-state index in [1.54, 1.807) is 11.8 Å². The van der Waals surface area contributed by atoms with Crippen molar-refractivity contribution < 1.29 is 9.59 Å². The zero-order valence-electron chi connectivity index (χ0n) is 15.3. The van der Waals surface area contributed by atoms with Crippen molar-refractivity contribution in [2.75, 3.05) is 19.6 Å². The van der Waals surface area contributed by atoms with Crippen molar-refractivity contribution in [1.29, 1.82) is 0 Å². The third-order valence-electron chi connectivity index (χ3n) is 4.37. The van der Waals surface area contributed by atoms with Crippen LogP contribution in [0.2, 0.25) is 0 Å². The molecular formula is C19H28N2O2S. The molecule has 0 bridgehead atoms. The molecule has 1 fully saturated rings. The van der Waals surface area contributed by atoms with E-state index in [9.17, 15) is 9.59 Å². The lowest BCUT2D eigenvalue weighted by molar-refractivity contribution is -0.136. The fourth-order valence-electron chi connectivity index (χ4n) is 3.00. The summed E-state index contributed by atoms with van der Waals surface area (Å²) in [5, 5.41) is 0.00615. The second kappa shape index (κ2) is 8.06. The van der Waals surface area contributed by atoms with E-state index in [2.05, 4.69) is 25.1 Å². The lowest BCUT2D eigenvalue weighted by Gasteiger charge is -2.29. The molecule has 1 heterocycles. The number of rotatable bonds is 6. The van der Waals surface area contributed by atoms with Gasteiger partial charge in [-0.05, 0) is 26.3 Å². The molecule has 1 saturated heterocycles. The zero-order chi connectivity index (χ0) is 17.9. The predicted octanol–water partition coefficient (Wildman–Crippen LogP) is 3.46. The number of nitrogens with zero attached hydrogens (tertiary/aromatic N) is 2. The Morgan fingerprint density at radius 3 is 2.67 bits per heavy atom. The van der Waals surface area contributed by atoms with E-state index >= 15 is 0 Å². The summed E-state index contributed by atoms with van der Waals surface area (Å²) in [7, 11) is 0. The van der Waals surface area contributed by atoms with Gasteiger partial charge in [0, 0.05) is 25.6 Å². The normalized spacial score (nSPS) is 20.8. The molecule has 0 spiro atoms. The molecule has 1 aromatic carbocycles. The van der Waals surface area contributed by atoms with Crippen LogP contribution in [0.15, 0.2) is 24.3 Å². The number of thioether (sulfide) groups is 1. The largest absolute Gasteiger partial charge is 0.341 e. The molecule has 0 aromatic heterocycles. The fourth-order valence-corrected chi connectivity index (χ4v) is 4.30. The summed E-state index contributed by atoms with van der Waals surface area (Å²) < 4.78 is 0. The lowest BCUT2D eigenvalue weighted by atomic mass is 10.1. The quantitative estimate of drug-likeness (QED) is 0.790. The van der Waals surface area contributed by atoms with Crippen molar-refractivity contribution in [1.82, 2.24) is 9.80 Å². The first kappa shape index (κ1) is 18.8. The molecule has 1 aliphatic rings. The number of carbonyl (C=O) groups excluding carboxylic acids is 2. The standard InChI is InChI=1S/C19H28N2O2S/c1-6-20(17(22)13(2)3)10-11-21-18(23)15(5)24-19(21)16-9-7-8-14(4)12-16/h7-9,12-13,15,19H,6,10-11H2,1-5H3/t15-,19+/m0/s1. The topological polar surface area (TPSA) is 40.6 Å². The van der Waals surface area contributed by atoms with E-state index in [4.69, 9.17) is 0 Å². The monoisotopic (exact) mass is 348 g/mol. The van der Waals surface area contributed by atoms with Crippen LogP contribution in [-0.4, -0.2) is 46.5 Å². The van der Waals surface area contributed by atoms with Gasteiger partial charge < -0.3 is 9.80 Å². The smallest absolute Gasteiger partial charge is 0.236 e. The van der Waals surface area contributed by atoms with E-state index in [1.165, 1.54) is 5.56 Å². The second-order valence-electron chi connectivity index (χ2n) is 6.65. The Hall–Kier alpha value is -1.49. The molecule has 2 atom stereocenters. The van der Waals surface area contributed by atoms with Gasteiger partial charge in [0.25, 0.3) is 0 Å². The zero-order valence-corrected chi connectivity index (χ0v) is 16.1. The molecule has 2 amide bonds. The fraction of sp³-hybridized carbons (Fsp3) is 0.579. The van der Waals surface area contributed by atoms with Crippen LogP contribution >= 0.6 is 11.8 Å². The number of likely N-dealkylation sites (N-methyl/N-ethyl adjacent to an activating group) is 1. The predicted molar refractivity (Wildman–Crippen MR) is 99.8 cm³/mol. The molecule has 24 heavy (non-hydrogen) atoms. The van der Waals surface area contributed by atoms with Gasteiger partial charge in [-0.25, -0.2) is 0 Å². The first-order valence-corrected chi connectivity index (χ1v) is 9.60. The summed E-state index contributed by atoms with van der Waals surface area (Å²) in [5.74, 6) is 0.302. The molecule has 5 heteroatoms. The van der Waals surface area contributed by atoms with Crippen molar-refractivity contribution in [2.24, 2.45) is 5.92 Å². The van der Waals surface area contributed by atoms with Crippen LogP contribution in [-0.2, 0) is 9.59 Å². The van der Waals surface area contributed by atoms with E-state index in [-0.39, 0.29) is 28.4 Å². The van der Waals surface area contributed by atoms with Gasteiger partial charge in [-0.2, -0.15) is 0 Å². The van der Waals surface area contributed by atoms with Gasteiger partial charge in [-0.15, -0.1) is 11.8 Å². The maximum Gasteiger partial charge on any atom is 0.236 e. The molecule has 0 N–H and O–H groups in total. The average Bonchev–Trinajstić information content (AvgIpc) is 2.83. The third kappa shape index (κ3) is 4.12. The Bertz CT molecular complexity index is 603. The van der Waals surface area contributed by atoms with Crippen molar-refractivity contribution >= 4 is 23.6 Å². The number of amides is 2. The highest BCUT2D eigenvalue weighted by Gasteiger charge is 2.38. The summed E-state index contributed by atoms with van der Waals surface area (Å²) in [6, 6.07) is 8.34. The van der Waals surface area contributed by atoms with Crippen LogP contribution in [0.1, 0.15) is 44.2 Å². The third-order valence-corrected chi connectivity index (χ3v) is 5.77. The highest BCUT2D eigenvalue weighted by molar-refractivity contribution is 8.01. The Labute approximate surface area is 149 Å². The Morgan fingerprint density at radius 2 is 2.08 bits per heavy atom. The first-order valence-electron chi connectivity index (χ1n) is 8.66. The minimum Gasteiger partial charge on any atom is -0.341 e. The van der Waals surface area contributed by atoms with Crippen molar-refractivity contribution in [2.45, 2.75) is 45.2 Å². The highest BCUT2D eigenvalue weighted by Crippen LogP contribution is 2.42. The number of carbonyl (C=O) groups is 2. The van der Waals surface area contributed by atoms with E-state index in [0.717, 1.165) is 5.56 Å². The minimum atomic E-state index is -0.0358. The molecule has 0 aliphatic carbocycles. The maximum absolute atomic E-state index is 12.6. The average molecular weight is 349 g/mol. The van der Waals surface area contributed by atoms with Gasteiger partial charge in [0.05, 0.1) is 5.25 Å². The van der Waals surface area contributed by atoms with Crippen molar-refractivity contribution in [3.8, 4) is 0 Å². The number of benzene rings is 1. The Balaban J connectivity index is 2.13. The number of hydrogen-bond donors (Lipinski definition) is 0. The molecule has 0 saturated carbocycles. The molecular weight excluding hydrogens is 320 g/mol.